The summed E-state index contributed by atoms with van der Waals surface area (Å²) in [6.45, 7) is 0. The summed E-state index contributed by atoms with van der Waals surface area (Å²) in [5.74, 6) is -1.57. The predicted molar refractivity (Wildman–Crippen MR) is 61.3 cm³/mol. The van der Waals surface area contributed by atoms with Crippen molar-refractivity contribution in [3.63, 3.8) is 0 Å². The van der Waals surface area contributed by atoms with E-state index in [-0.39, 0.29) is 5.57 Å². The van der Waals surface area contributed by atoms with Gasteiger partial charge < -0.3 is 9.47 Å². The SMILES string of the molecule is COC(=O)C(=Cc1ccc(Cl)cn1)C(=O)OC. The minimum atomic E-state index is -0.784. The third-order valence-electron chi connectivity index (χ3n) is 1.85. The van der Waals surface area contributed by atoms with Crippen LogP contribution in [0.5, 0.6) is 0 Å². The third kappa shape index (κ3) is 3.57. The van der Waals surface area contributed by atoms with E-state index in [1.807, 2.05) is 0 Å². The van der Waals surface area contributed by atoms with Crippen molar-refractivity contribution in [2.24, 2.45) is 0 Å². The number of esters is 2. The molecule has 1 aromatic heterocycles. The second kappa shape index (κ2) is 6.00. The second-order valence-corrected chi connectivity index (χ2v) is 3.38. The van der Waals surface area contributed by atoms with Crippen LogP contribution in [0.3, 0.4) is 0 Å². The lowest BCUT2D eigenvalue weighted by Crippen LogP contribution is -2.15. The molecule has 0 aliphatic heterocycles. The summed E-state index contributed by atoms with van der Waals surface area (Å²) in [4.78, 5) is 26.6. The fraction of sp³-hybridized carbons (Fsp3) is 0.182. The lowest BCUT2D eigenvalue weighted by molar-refractivity contribution is -0.143. The molecule has 0 N–H and O–H groups in total. The molecule has 5 nitrogen and oxygen atoms in total. The molecule has 0 radical (unpaired) electrons. The predicted octanol–water partition coefficient (Wildman–Crippen LogP) is 1.46. The fourth-order valence-corrected chi connectivity index (χ4v) is 1.15. The van der Waals surface area contributed by atoms with E-state index in [0.717, 1.165) is 0 Å². The standard InChI is InChI=1S/C11H10ClNO4/c1-16-10(14)9(11(15)17-2)5-8-4-3-7(12)6-13-8/h3-6H,1-2H3. The van der Waals surface area contributed by atoms with Crippen LogP contribution in [0.2, 0.25) is 5.02 Å². The van der Waals surface area contributed by atoms with Crippen LogP contribution in [-0.2, 0) is 19.1 Å². The van der Waals surface area contributed by atoms with Gasteiger partial charge in [-0.15, -0.1) is 0 Å². The summed E-state index contributed by atoms with van der Waals surface area (Å²) in [5.41, 5.74) is 0.171. The Morgan fingerprint density at radius 3 is 2.24 bits per heavy atom. The van der Waals surface area contributed by atoms with Crippen molar-refractivity contribution < 1.29 is 19.1 Å². The lowest BCUT2D eigenvalue weighted by Gasteiger charge is -2.03. The van der Waals surface area contributed by atoms with Gasteiger partial charge in [0.25, 0.3) is 0 Å². The van der Waals surface area contributed by atoms with Crippen LogP contribution in [0.4, 0.5) is 0 Å². The first-order valence-corrected chi connectivity index (χ1v) is 4.96. The number of carbonyl (C=O) groups is 2. The number of methoxy groups -OCH3 is 2. The van der Waals surface area contributed by atoms with Crippen LogP contribution in [-0.4, -0.2) is 31.1 Å². The lowest BCUT2D eigenvalue weighted by atomic mass is 10.2. The molecule has 0 saturated carbocycles. The van der Waals surface area contributed by atoms with Crippen LogP contribution < -0.4 is 0 Å². The second-order valence-electron chi connectivity index (χ2n) is 2.94. The number of ether oxygens (including phenoxy) is 2. The van der Waals surface area contributed by atoms with Crippen LogP contribution in [0, 0.1) is 0 Å². The van der Waals surface area contributed by atoms with Gasteiger partial charge in [0, 0.05) is 6.20 Å². The molecule has 0 atom stereocenters. The number of hydrogen-bond donors (Lipinski definition) is 0. The van der Waals surface area contributed by atoms with E-state index in [1.54, 1.807) is 12.1 Å². The van der Waals surface area contributed by atoms with Gasteiger partial charge in [0.1, 0.15) is 5.57 Å². The molecule has 1 rings (SSSR count). The molecule has 6 heteroatoms. The van der Waals surface area contributed by atoms with Gasteiger partial charge in [-0.1, -0.05) is 11.6 Å². The first kappa shape index (κ1) is 13.2. The van der Waals surface area contributed by atoms with Gasteiger partial charge in [-0.3, -0.25) is 4.98 Å². The molecule has 0 fully saturated rings. The Hall–Kier alpha value is -1.88. The van der Waals surface area contributed by atoms with Crippen molar-refractivity contribution in [2.75, 3.05) is 14.2 Å². The van der Waals surface area contributed by atoms with E-state index in [1.165, 1.54) is 26.5 Å². The molecule has 1 heterocycles. The monoisotopic (exact) mass is 255 g/mol. The molecular weight excluding hydrogens is 246 g/mol. The summed E-state index contributed by atoms with van der Waals surface area (Å²) < 4.78 is 8.94. The number of halogens is 1. The van der Waals surface area contributed by atoms with E-state index >= 15 is 0 Å². The summed E-state index contributed by atoms with van der Waals surface area (Å²) >= 11 is 5.66. The molecule has 90 valence electrons. The van der Waals surface area contributed by atoms with Gasteiger partial charge in [-0.2, -0.15) is 0 Å². The van der Waals surface area contributed by atoms with Crippen molar-refractivity contribution in [3.8, 4) is 0 Å². The summed E-state index contributed by atoms with van der Waals surface area (Å²) in [6, 6.07) is 3.15. The Morgan fingerprint density at radius 2 is 1.82 bits per heavy atom. The molecule has 0 saturated heterocycles. The third-order valence-corrected chi connectivity index (χ3v) is 2.08. The number of rotatable bonds is 3. The zero-order valence-electron chi connectivity index (χ0n) is 9.27. The highest BCUT2D eigenvalue weighted by Crippen LogP contribution is 2.11. The minimum absolute atomic E-state index is 0.232. The Labute approximate surface area is 103 Å². The number of carbonyl (C=O) groups excluding carboxylic acids is 2. The zero-order chi connectivity index (χ0) is 12.8. The minimum Gasteiger partial charge on any atom is -0.465 e. The van der Waals surface area contributed by atoms with Crippen molar-refractivity contribution >= 4 is 29.6 Å². The molecule has 1 aromatic rings. The average molecular weight is 256 g/mol. The average Bonchev–Trinajstić information content (AvgIpc) is 2.36. The first-order chi connectivity index (χ1) is 8.08. The maximum absolute atomic E-state index is 11.3. The van der Waals surface area contributed by atoms with Gasteiger partial charge in [0.15, 0.2) is 0 Å². The maximum Gasteiger partial charge on any atom is 0.345 e. The molecule has 0 aromatic carbocycles. The largest absolute Gasteiger partial charge is 0.465 e. The summed E-state index contributed by atoms with van der Waals surface area (Å²) in [5, 5.41) is 0.458. The number of aromatic nitrogens is 1. The van der Waals surface area contributed by atoms with E-state index in [2.05, 4.69) is 14.5 Å². The fourth-order valence-electron chi connectivity index (χ4n) is 1.04. The molecule has 0 unspecified atom stereocenters. The Bertz CT molecular complexity index is 435. The molecular formula is C11H10ClNO4. The quantitative estimate of drug-likeness (QED) is 0.354. The Balaban J connectivity index is 3.09. The highest BCUT2D eigenvalue weighted by atomic mass is 35.5. The van der Waals surface area contributed by atoms with Crippen LogP contribution >= 0.6 is 11.6 Å². The van der Waals surface area contributed by atoms with Gasteiger partial charge >= 0.3 is 11.9 Å². The maximum atomic E-state index is 11.3. The van der Waals surface area contributed by atoms with E-state index < -0.39 is 11.9 Å². The Kier molecular flexibility index (Phi) is 4.66. The van der Waals surface area contributed by atoms with Crippen LogP contribution in [0.1, 0.15) is 5.69 Å². The van der Waals surface area contributed by atoms with Crippen molar-refractivity contribution in [3.05, 3.63) is 34.6 Å². The van der Waals surface area contributed by atoms with Gasteiger partial charge in [-0.25, -0.2) is 9.59 Å². The number of nitrogens with zero attached hydrogens (tertiary/aromatic N) is 1. The van der Waals surface area contributed by atoms with Crippen LogP contribution in [0.25, 0.3) is 6.08 Å². The smallest absolute Gasteiger partial charge is 0.345 e. The number of pyridine rings is 1. The highest BCUT2D eigenvalue weighted by molar-refractivity contribution is 6.30. The zero-order valence-corrected chi connectivity index (χ0v) is 10.0. The number of hydrogen-bond acceptors (Lipinski definition) is 5. The molecule has 17 heavy (non-hydrogen) atoms. The summed E-state index contributed by atoms with van der Waals surface area (Å²) in [7, 11) is 2.35. The normalized spacial score (nSPS) is 9.35. The van der Waals surface area contributed by atoms with Gasteiger partial charge in [0.05, 0.1) is 24.9 Å². The van der Waals surface area contributed by atoms with E-state index in [9.17, 15) is 9.59 Å². The van der Waals surface area contributed by atoms with Crippen molar-refractivity contribution in [1.82, 2.24) is 4.98 Å². The highest BCUT2D eigenvalue weighted by Gasteiger charge is 2.19. The van der Waals surface area contributed by atoms with Crippen molar-refractivity contribution in [1.29, 1.82) is 0 Å². The van der Waals surface area contributed by atoms with E-state index in [4.69, 9.17) is 11.6 Å². The van der Waals surface area contributed by atoms with Crippen molar-refractivity contribution in [2.45, 2.75) is 0 Å². The first-order valence-electron chi connectivity index (χ1n) is 4.58. The van der Waals surface area contributed by atoms with E-state index in [0.29, 0.717) is 10.7 Å². The molecule has 0 amide bonds. The topological polar surface area (TPSA) is 65.5 Å². The molecule has 0 aliphatic rings. The van der Waals surface area contributed by atoms with Gasteiger partial charge in [0.2, 0.25) is 0 Å². The molecule has 0 aliphatic carbocycles. The summed E-state index contributed by atoms with van der Waals surface area (Å²) in [6.07, 6.45) is 2.67. The van der Waals surface area contributed by atoms with Crippen LogP contribution in [0.15, 0.2) is 23.9 Å². The molecule has 0 spiro atoms. The molecule has 0 bridgehead atoms. The Morgan fingerprint density at radius 1 is 1.24 bits per heavy atom. The van der Waals surface area contributed by atoms with Gasteiger partial charge in [-0.05, 0) is 18.2 Å².